The van der Waals surface area contributed by atoms with Crippen molar-refractivity contribution in [2.75, 3.05) is 49.2 Å². The van der Waals surface area contributed by atoms with E-state index in [1.54, 1.807) is 0 Å². The number of rotatable bonds is 6. The Hall–Kier alpha value is -3.86. The first-order valence-electron chi connectivity index (χ1n) is 11.9. The topological polar surface area (TPSA) is 87.9 Å². The van der Waals surface area contributed by atoms with E-state index in [0.29, 0.717) is 18.7 Å². The maximum absolute atomic E-state index is 9.77. The summed E-state index contributed by atoms with van der Waals surface area (Å²) in [7, 11) is 0. The van der Waals surface area contributed by atoms with Crippen LogP contribution < -0.4 is 9.80 Å². The number of ether oxygens (including phenoxy) is 1. The van der Waals surface area contributed by atoms with Crippen molar-refractivity contribution in [1.29, 1.82) is 5.26 Å². The number of benzene rings is 2. The molecule has 0 radical (unpaired) electrons. The number of β-amino-alcohol motifs (C(OH)–C–C–N with tert-alkyl or cyclic N) is 1. The predicted molar refractivity (Wildman–Crippen MR) is 139 cm³/mol. The van der Waals surface area contributed by atoms with Gasteiger partial charge in [-0.15, -0.1) is 0 Å². The van der Waals surface area contributed by atoms with Crippen LogP contribution in [0.5, 0.6) is 0 Å². The number of H-pyrrole nitrogens is 1. The zero-order chi connectivity index (χ0) is 24.4. The number of anilines is 2. The van der Waals surface area contributed by atoms with Gasteiger partial charge in [0.25, 0.3) is 0 Å². The predicted octanol–water partition coefficient (Wildman–Crippen LogP) is 3.86. The molecule has 2 aliphatic heterocycles. The zero-order valence-electron chi connectivity index (χ0n) is 19.9. The van der Waals surface area contributed by atoms with Crippen LogP contribution in [0.3, 0.4) is 0 Å². The van der Waals surface area contributed by atoms with Crippen molar-refractivity contribution in [3.63, 3.8) is 0 Å². The van der Waals surface area contributed by atoms with Crippen LogP contribution >= 0.6 is 0 Å². The summed E-state index contributed by atoms with van der Waals surface area (Å²) >= 11 is 0. The summed E-state index contributed by atoms with van der Waals surface area (Å²) in [6, 6.07) is 18.8. The van der Waals surface area contributed by atoms with Gasteiger partial charge in [-0.05, 0) is 42.8 Å². The summed E-state index contributed by atoms with van der Waals surface area (Å²) in [6.07, 6.45) is 1.20. The minimum absolute atomic E-state index is 0.331. The van der Waals surface area contributed by atoms with Gasteiger partial charge in [-0.3, -0.25) is 4.99 Å². The number of aliphatic imine (C=N–C) groups is 1. The molecule has 35 heavy (non-hydrogen) atoms. The minimum atomic E-state index is -0.331. The number of hydrogen-bond donors (Lipinski definition) is 2. The lowest BCUT2D eigenvalue weighted by molar-refractivity contribution is 0.122. The van der Waals surface area contributed by atoms with Crippen molar-refractivity contribution >= 4 is 17.1 Å². The Morgan fingerprint density at radius 1 is 1.14 bits per heavy atom. The molecule has 0 spiro atoms. The van der Waals surface area contributed by atoms with Gasteiger partial charge in [0.05, 0.1) is 36.3 Å². The van der Waals surface area contributed by atoms with E-state index in [1.807, 2.05) is 30.0 Å². The normalized spacial score (nSPS) is 16.7. The first kappa shape index (κ1) is 22.9. The van der Waals surface area contributed by atoms with Gasteiger partial charge in [0.1, 0.15) is 6.07 Å². The Balaban J connectivity index is 1.44. The van der Waals surface area contributed by atoms with Crippen molar-refractivity contribution < 1.29 is 9.84 Å². The molecule has 2 fully saturated rings. The van der Waals surface area contributed by atoms with Crippen LogP contribution in [0, 0.1) is 18.3 Å². The second kappa shape index (κ2) is 9.79. The Kier molecular flexibility index (Phi) is 6.41. The molecule has 3 heterocycles. The van der Waals surface area contributed by atoms with E-state index in [2.05, 4.69) is 57.9 Å². The standard InChI is InChI=1S/C28H29N5O2/c1-3-30-28(21-6-9-27(22(14-21)16-29)33-17-24(34)18-33)25-15-26(31-19(25)2)20-4-7-23(8-5-20)32-10-12-35-13-11-32/h3-9,14-15,24,31,34H,1,10-13,17-18H2,2H3. The molecule has 7 nitrogen and oxygen atoms in total. The molecule has 2 aromatic carbocycles. The van der Waals surface area contributed by atoms with Crippen LogP contribution in [0.15, 0.2) is 66.3 Å². The molecule has 0 aliphatic carbocycles. The molecule has 2 saturated heterocycles. The lowest BCUT2D eigenvalue weighted by atomic mass is 9.98. The van der Waals surface area contributed by atoms with Gasteiger partial charge in [0, 0.05) is 60.6 Å². The molecular weight excluding hydrogens is 438 g/mol. The highest BCUT2D eigenvalue weighted by Crippen LogP contribution is 2.30. The van der Waals surface area contributed by atoms with E-state index in [1.165, 1.54) is 11.9 Å². The quantitative estimate of drug-likeness (QED) is 0.538. The molecule has 0 saturated carbocycles. The lowest BCUT2D eigenvalue weighted by Gasteiger charge is -2.38. The summed E-state index contributed by atoms with van der Waals surface area (Å²) in [5.74, 6) is 0. The monoisotopic (exact) mass is 467 g/mol. The second-order valence-electron chi connectivity index (χ2n) is 8.93. The first-order chi connectivity index (χ1) is 17.1. The number of nitriles is 1. The first-order valence-corrected chi connectivity index (χ1v) is 11.9. The van der Waals surface area contributed by atoms with E-state index in [0.717, 1.165) is 65.8 Å². The maximum Gasteiger partial charge on any atom is 0.101 e. The summed E-state index contributed by atoms with van der Waals surface area (Å²) in [4.78, 5) is 12.4. The third-order valence-electron chi connectivity index (χ3n) is 6.64. The number of hydrogen-bond acceptors (Lipinski definition) is 6. The van der Waals surface area contributed by atoms with Crippen LogP contribution in [0.25, 0.3) is 11.3 Å². The van der Waals surface area contributed by atoms with Crippen molar-refractivity contribution in [1.82, 2.24) is 4.98 Å². The van der Waals surface area contributed by atoms with E-state index in [4.69, 9.17) is 4.74 Å². The van der Waals surface area contributed by atoms with Crippen molar-refractivity contribution in [3.05, 3.63) is 83.7 Å². The van der Waals surface area contributed by atoms with Gasteiger partial charge >= 0.3 is 0 Å². The highest BCUT2D eigenvalue weighted by atomic mass is 16.5. The molecule has 7 heteroatoms. The van der Waals surface area contributed by atoms with Crippen molar-refractivity contribution in [2.24, 2.45) is 4.99 Å². The van der Waals surface area contributed by atoms with Gasteiger partial charge in [-0.1, -0.05) is 24.8 Å². The number of aliphatic hydroxyl groups is 1. The molecule has 178 valence electrons. The third kappa shape index (κ3) is 4.59. The summed E-state index contributed by atoms with van der Waals surface area (Å²) in [6.45, 7) is 10.3. The van der Waals surface area contributed by atoms with Crippen LogP contribution in [-0.2, 0) is 4.74 Å². The van der Waals surface area contributed by atoms with Crippen LogP contribution in [0.1, 0.15) is 22.4 Å². The summed E-state index contributed by atoms with van der Waals surface area (Å²) in [5, 5.41) is 19.4. The van der Waals surface area contributed by atoms with Gasteiger partial charge < -0.3 is 24.6 Å². The molecule has 1 aromatic heterocycles. The van der Waals surface area contributed by atoms with Gasteiger partial charge in [-0.2, -0.15) is 5.26 Å². The largest absolute Gasteiger partial charge is 0.389 e. The second-order valence-corrected chi connectivity index (χ2v) is 8.93. The average Bonchev–Trinajstić information content (AvgIpc) is 3.27. The van der Waals surface area contributed by atoms with Crippen LogP contribution in [0.4, 0.5) is 11.4 Å². The average molecular weight is 468 g/mol. The maximum atomic E-state index is 9.77. The van der Waals surface area contributed by atoms with E-state index in [9.17, 15) is 10.4 Å². The highest BCUT2D eigenvalue weighted by Gasteiger charge is 2.27. The zero-order valence-corrected chi connectivity index (χ0v) is 19.9. The number of nitrogens with zero attached hydrogens (tertiary/aromatic N) is 4. The van der Waals surface area contributed by atoms with Crippen molar-refractivity contribution in [3.8, 4) is 17.3 Å². The molecule has 0 bridgehead atoms. The minimum Gasteiger partial charge on any atom is -0.389 e. The molecule has 5 rings (SSSR count). The number of aromatic amines is 1. The molecule has 0 amide bonds. The number of morpholine rings is 1. The third-order valence-corrected chi connectivity index (χ3v) is 6.64. The van der Waals surface area contributed by atoms with Crippen molar-refractivity contribution in [2.45, 2.75) is 13.0 Å². The van der Waals surface area contributed by atoms with Gasteiger partial charge in [0.15, 0.2) is 0 Å². The molecule has 2 N–H and O–H groups in total. The van der Waals surface area contributed by atoms with Crippen LogP contribution in [-0.4, -0.2) is 61.3 Å². The Bertz CT molecular complexity index is 1290. The number of aryl methyl sites for hydroxylation is 1. The lowest BCUT2D eigenvalue weighted by Crippen LogP contribution is -2.51. The van der Waals surface area contributed by atoms with Gasteiger partial charge in [0.2, 0.25) is 0 Å². The number of nitrogens with one attached hydrogen (secondary N) is 1. The summed E-state index contributed by atoms with van der Waals surface area (Å²) < 4.78 is 5.46. The Labute approximate surface area is 205 Å². The molecule has 3 aromatic rings. The van der Waals surface area contributed by atoms with E-state index in [-0.39, 0.29) is 6.10 Å². The molecule has 0 unspecified atom stereocenters. The highest BCUT2D eigenvalue weighted by molar-refractivity contribution is 6.14. The number of aromatic nitrogens is 1. The smallest absolute Gasteiger partial charge is 0.101 e. The fraction of sp³-hybridized carbons (Fsp3) is 0.286. The molecule has 0 atom stereocenters. The van der Waals surface area contributed by atoms with E-state index >= 15 is 0 Å². The Morgan fingerprint density at radius 2 is 1.89 bits per heavy atom. The SMILES string of the molecule is C=CN=C(c1ccc(N2CC(O)C2)c(C#N)c1)c1cc(-c2ccc(N3CCOCC3)cc2)[nH]c1C. The molecule has 2 aliphatic rings. The summed E-state index contributed by atoms with van der Waals surface area (Å²) in [5.41, 5.74) is 8.28. The van der Waals surface area contributed by atoms with Gasteiger partial charge in [-0.25, -0.2) is 0 Å². The number of aliphatic hydroxyl groups excluding tert-OH is 1. The Morgan fingerprint density at radius 3 is 2.54 bits per heavy atom. The fourth-order valence-electron chi connectivity index (χ4n) is 4.72. The van der Waals surface area contributed by atoms with E-state index < -0.39 is 0 Å². The molecular formula is C28H29N5O2. The fourth-order valence-corrected chi connectivity index (χ4v) is 4.72. The van der Waals surface area contributed by atoms with Crippen LogP contribution in [0.2, 0.25) is 0 Å².